The lowest BCUT2D eigenvalue weighted by atomic mass is 9.86. The van der Waals surface area contributed by atoms with Gasteiger partial charge in [0.05, 0.1) is 10.8 Å². The number of fused-ring (bicyclic) bond motifs is 1. The number of nitrogens with zero attached hydrogens (tertiary/aromatic N) is 2. The third-order valence-electron chi connectivity index (χ3n) is 4.38. The van der Waals surface area contributed by atoms with Crippen molar-refractivity contribution >= 4 is 28.2 Å². The summed E-state index contributed by atoms with van der Waals surface area (Å²) in [6.07, 6.45) is 4.49. The highest BCUT2D eigenvalue weighted by molar-refractivity contribution is 5.93. The second-order valence-corrected chi connectivity index (χ2v) is 5.85. The fraction of sp³-hybridized carbons (Fsp3) is 0.375. The molecule has 0 atom stereocenters. The van der Waals surface area contributed by atoms with E-state index in [-0.39, 0.29) is 17.6 Å². The zero-order valence-corrected chi connectivity index (χ0v) is 12.4. The molecule has 0 aliphatic heterocycles. The van der Waals surface area contributed by atoms with Gasteiger partial charge in [-0.25, -0.2) is 4.98 Å². The summed E-state index contributed by atoms with van der Waals surface area (Å²) < 4.78 is 0. The molecule has 7 heteroatoms. The van der Waals surface area contributed by atoms with E-state index in [0.29, 0.717) is 18.7 Å². The van der Waals surface area contributed by atoms with Gasteiger partial charge in [-0.1, -0.05) is 0 Å². The maximum atomic E-state index is 11.0. The molecule has 1 aromatic carbocycles. The molecular weight excluding hydrogens is 298 g/mol. The Kier molecular flexibility index (Phi) is 4.10. The van der Waals surface area contributed by atoms with E-state index in [1.807, 2.05) is 0 Å². The molecular formula is C16H17N3O4. The van der Waals surface area contributed by atoms with Gasteiger partial charge in [0.1, 0.15) is 5.82 Å². The molecule has 1 aliphatic carbocycles. The van der Waals surface area contributed by atoms with Crippen LogP contribution in [0.5, 0.6) is 0 Å². The van der Waals surface area contributed by atoms with Gasteiger partial charge in [-0.2, -0.15) is 0 Å². The van der Waals surface area contributed by atoms with E-state index in [4.69, 9.17) is 5.11 Å². The summed E-state index contributed by atoms with van der Waals surface area (Å²) >= 11 is 0. The number of hydrogen-bond donors (Lipinski definition) is 2. The van der Waals surface area contributed by atoms with Gasteiger partial charge in [0.2, 0.25) is 0 Å². The normalized spacial score (nSPS) is 21.0. The van der Waals surface area contributed by atoms with Crippen molar-refractivity contribution in [3.05, 3.63) is 40.6 Å². The van der Waals surface area contributed by atoms with Crippen molar-refractivity contribution < 1.29 is 14.8 Å². The number of hydrogen-bond acceptors (Lipinski definition) is 5. The summed E-state index contributed by atoms with van der Waals surface area (Å²) in [5.41, 5.74) is 0.0524. The van der Waals surface area contributed by atoms with Crippen molar-refractivity contribution in [1.82, 2.24) is 4.98 Å². The van der Waals surface area contributed by atoms with Crippen molar-refractivity contribution in [3.8, 4) is 0 Å². The number of aromatic nitrogens is 1. The van der Waals surface area contributed by atoms with Crippen molar-refractivity contribution in [1.29, 1.82) is 0 Å². The predicted octanol–water partition coefficient (Wildman–Crippen LogP) is 3.20. The number of aliphatic carboxylic acids is 1. The van der Waals surface area contributed by atoms with Crippen LogP contribution in [0.25, 0.3) is 10.8 Å². The topological polar surface area (TPSA) is 105 Å². The summed E-state index contributed by atoms with van der Waals surface area (Å²) in [6, 6.07) is 6.62. The SMILES string of the molecule is O=C(O)C1CCC(Nc2nccc3cc([N+](=O)[O-])ccc23)CC1. The number of anilines is 1. The molecule has 0 bridgehead atoms. The van der Waals surface area contributed by atoms with Gasteiger partial charge in [0.25, 0.3) is 5.69 Å². The molecule has 0 unspecified atom stereocenters. The molecule has 1 heterocycles. The summed E-state index contributed by atoms with van der Waals surface area (Å²) in [7, 11) is 0. The van der Waals surface area contributed by atoms with Crippen molar-refractivity contribution in [3.63, 3.8) is 0 Å². The average Bonchev–Trinajstić information content (AvgIpc) is 2.55. The fourth-order valence-corrected chi connectivity index (χ4v) is 3.07. The van der Waals surface area contributed by atoms with Crippen LogP contribution in [0.3, 0.4) is 0 Å². The van der Waals surface area contributed by atoms with E-state index in [0.717, 1.165) is 23.6 Å². The monoisotopic (exact) mass is 315 g/mol. The van der Waals surface area contributed by atoms with Crippen LogP contribution in [-0.4, -0.2) is 27.0 Å². The minimum absolute atomic E-state index is 0.0524. The minimum Gasteiger partial charge on any atom is -0.481 e. The Labute approximate surface area is 132 Å². The summed E-state index contributed by atoms with van der Waals surface area (Å²) in [4.78, 5) is 25.8. The maximum Gasteiger partial charge on any atom is 0.306 e. The number of rotatable bonds is 4. The van der Waals surface area contributed by atoms with E-state index >= 15 is 0 Å². The van der Waals surface area contributed by atoms with Gasteiger partial charge in [0, 0.05) is 29.8 Å². The number of carboxylic acids is 1. The van der Waals surface area contributed by atoms with E-state index in [1.165, 1.54) is 12.1 Å². The number of nitro groups is 1. The van der Waals surface area contributed by atoms with Crippen LogP contribution >= 0.6 is 0 Å². The molecule has 2 aromatic rings. The largest absolute Gasteiger partial charge is 0.481 e. The smallest absolute Gasteiger partial charge is 0.306 e. The van der Waals surface area contributed by atoms with Crippen LogP contribution in [0.15, 0.2) is 30.5 Å². The van der Waals surface area contributed by atoms with E-state index < -0.39 is 10.9 Å². The quantitative estimate of drug-likeness (QED) is 0.663. The Hall–Kier alpha value is -2.70. The Morgan fingerprint density at radius 1 is 1.26 bits per heavy atom. The number of nitrogens with one attached hydrogen (secondary N) is 1. The van der Waals surface area contributed by atoms with Crippen LogP contribution in [0.4, 0.5) is 11.5 Å². The van der Waals surface area contributed by atoms with Gasteiger partial charge < -0.3 is 10.4 Å². The number of benzene rings is 1. The lowest BCUT2D eigenvalue weighted by Crippen LogP contribution is -2.29. The van der Waals surface area contributed by atoms with Gasteiger partial charge in [-0.3, -0.25) is 14.9 Å². The summed E-state index contributed by atoms with van der Waals surface area (Å²) in [5.74, 6) is -0.286. The number of carbonyl (C=O) groups is 1. The molecule has 3 rings (SSSR count). The number of nitro benzene ring substituents is 1. The standard InChI is InChI=1S/C16H17N3O4/c20-16(21)10-1-3-12(4-2-10)18-15-14-6-5-13(19(22)23)9-11(14)7-8-17-15/h5-10,12H,1-4H2,(H,17,18)(H,20,21). The zero-order valence-electron chi connectivity index (χ0n) is 12.4. The first-order valence-corrected chi connectivity index (χ1v) is 7.57. The van der Waals surface area contributed by atoms with Gasteiger partial charge in [0.15, 0.2) is 0 Å². The van der Waals surface area contributed by atoms with Crippen LogP contribution in [0.1, 0.15) is 25.7 Å². The summed E-state index contributed by atoms with van der Waals surface area (Å²) in [5, 5.41) is 24.8. The predicted molar refractivity (Wildman–Crippen MR) is 85.4 cm³/mol. The first-order chi connectivity index (χ1) is 11.0. The van der Waals surface area contributed by atoms with Crippen LogP contribution in [0, 0.1) is 16.0 Å². The molecule has 1 aromatic heterocycles. The highest BCUT2D eigenvalue weighted by Crippen LogP contribution is 2.30. The molecule has 0 radical (unpaired) electrons. The second kappa shape index (κ2) is 6.20. The van der Waals surface area contributed by atoms with Gasteiger partial charge in [-0.05, 0) is 43.2 Å². The molecule has 1 saturated carbocycles. The zero-order chi connectivity index (χ0) is 16.4. The molecule has 7 nitrogen and oxygen atoms in total. The highest BCUT2D eigenvalue weighted by atomic mass is 16.6. The van der Waals surface area contributed by atoms with Crippen LogP contribution in [-0.2, 0) is 4.79 Å². The molecule has 0 spiro atoms. The van der Waals surface area contributed by atoms with Crippen molar-refractivity contribution in [2.45, 2.75) is 31.7 Å². The highest BCUT2D eigenvalue weighted by Gasteiger charge is 2.26. The average molecular weight is 315 g/mol. The first-order valence-electron chi connectivity index (χ1n) is 7.57. The third kappa shape index (κ3) is 3.23. The Morgan fingerprint density at radius 2 is 2.00 bits per heavy atom. The maximum absolute atomic E-state index is 11.0. The third-order valence-corrected chi connectivity index (χ3v) is 4.38. The molecule has 0 amide bonds. The van der Waals surface area contributed by atoms with E-state index in [2.05, 4.69) is 10.3 Å². The first kappa shape index (κ1) is 15.2. The minimum atomic E-state index is -0.723. The van der Waals surface area contributed by atoms with Crippen molar-refractivity contribution in [2.24, 2.45) is 5.92 Å². The number of carboxylic acid groups (broad SMARTS) is 1. The van der Waals surface area contributed by atoms with Crippen LogP contribution in [0.2, 0.25) is 0 Å². The van der Waals surface area contributed by atoms with E-state index in [9.17, 15) is 14.9 Å². The van der Waals surface area contributed by atoms with E-state index in [1.54, 1.807) is 18.3 Å². The van der Waals surface area contributed by atoms with Crippen LogP contribution < -0.4 is 5.32 Å². The fourth-order valence-electron chi connectivity index (χ4n) is 3.07. The molecule has 23 heavy (non-hydrogen) atoms. The molecule has 0 saturated heterocycles. The van der Waals surface area contributed by atoms with Gasteiger partial charge >= 0.3 is 5.97 Å². The second-order valence-electron chi connectivity index (χ2n) is 5.85. The van der Waals surface area contributed by atoms with Gasteiger partial charge in [-0.15, -0.1) is 0 Å². The lowest BCUT2D eigenvalue weighted by molar-refractivity contribution is -0.384. The summed E-state index contributed by atoms with van der Waals surface area (Å²) in [6.45, 7) is 0. The van der Waals surface area contributed by atoms with Crippen molar-refractivity contribution in [2.75, 3.05) is 5.32 Å². The lowest BCUT2D eigenvalue weighted by Gasteiger charge is -2.27. The Morgan fingerprint density at radius 3 is 2.65 bits per heavy atom. The molecule has 2 N–H and O–H groups in total. The number of pyridine rings is 1. The molecule has 1 aliphatic rings. The number of non-ortho nitro benzene ring substituents is 1. The Balaban J connectivity index is 1.78. The molecule has 1 fully saturated rings. The molecule has 120 valence electrons. The Bertz CT molecular complexity index is 754.